The first-order chi connectivity index (χ1) is 7.27. The Morgan fingerprint density at radius 2 is 2.27 bits per heavy atom. The maximum Gasteiger partial charge on any atom is 0.137 e. The highest BCUT2D eigenvalue weighted by molar-refractivity contribution is 5.88. The molecule has 0 spiro atoms. The van der Waals surface area contributed by atoms with Crippen molar-refractivity contribution in [1.29, 1.82) is 0 Å². The summed E-state index contributed by atoms with van der Waals surface area (Å²) in [5, 5.41) is 10.1. The molecular formula is C12H14O3. The third kappa shape index (κ3) is 1.59. The molecule has 1 aromatic heterocycles. The van der Waals surface area contributed by atoms with E-state index in [1.807, 2.05) is 25.1 Å². The lowest BCUT2D eigenvalue weighted by Gasteiger charge is -2.07. The van der Waals surface area contributed by atoms with Gasteiger partial charge in [0, 0.05) is 18.1 Å². The molecular weight excluding hydrogens is 192 g/mol. The fourth-order valence-corrected chi connectivity index (χ4v) is 1.71. The molecule has 0 bridgehead atoms. The predicted octanol–water partition coefficient (Wildman–Crippen LogP) is 2.54. The van der Waals surface area contributed by atoms with Crippen molar-refractivity contribution < 1.29 is 14.3 Å². The Labute approximate surface area is 88.3 Å². The van der Waals surface area contributed by atoms with E-state index >= 15 is 0 Å². The van der Waals surface area contributed by atoms with Crippen molar-refractivity contribution in [2.75, 3.05) is 13.7 Å². The van der Waals surface area contributed by atoms with E-state index in [0.717, 1.165) is 22.3 Å². The zero-order valence-electron chi connectivity index (χ0n) is 8.86. The molecule has 0 radical (unpaired) electrons. The summed E-state index contributed by atoms with van der Waals surface area (Å²) in [6, 6.07) is 5.68. The van der Waals surface area contributed by atoms with Gasteiger partial charge >= 0.3 is 0 Å². The van der Waals surface area contributed by atoms with Gasteiger partial charge < -0.3 is 14.3 Å². The third-order valence-electron chi connectivity index (χ3n) is 2.61. The fourth-order valence-electron chi connectivity index (χ4n) is 1.71. The minimum Gasteiger partial charge on any atom is -0.496 e. The largest absolute Gasteiger partial charge is 0.496 e. The van der Waals surface area contributed by atoms with Crippen molar-refractivity contribution >= 4 is 11.0 Å². The van der Waals surface area contributed by atoms with Crippen LogP contribution in [0.3, 0.4) is 0 Å². The van der Waals surface area contributed by atoms with Crippen molar-refractivity contribution in [2.24, 2.45) is 0 Å². The quantitative estimate of drug-likeness (QED) is 0.839. The van der Waals surface area contributed by atoms with Gasteiger partial charge in [0.15, 0.2) is 0 Å². The van der Waals surface area contributed by atoms with Crippen molar-refractivity contribution in [3.63, 3.8) is 0 Å². The molecule has 0 amide bonds. The minimum absolute atomic E-state index is 0.0579. The third-order valence-corrected chi connectivity index (χ3v) is 2.61. The molecule has 80 valence electrons. The van der Waals surface area contributed by atoms with Crippen LogP contribution in [0.15, 0.2) is 28.9 Å². The highest BCUT2D eigenvalue weighted by Crippen LogP contribution is 2.34. The second-order valence-corrected chi connectivity index (χ2v) is 3.61. The van der Waals surface area contributed by atoms with E-state index < -0.39 is 0 Å². The molecule has 2 aromatic rings. The monoisotopic (exact) mass is 206 g/mol. The molecule has 1 atom stereocenters. The average molecular weight is 206 g/mol. The van der Waals surface area contributed by atoms with Crippen LogP contribution in [0.25, 0.3) is 11.0 Å². The smallest absolute Gasteiger partial charge is 0.137 e. The van der Waals surface area contributed by atoms with Gasteiger partial charge in [0.25, 0.3) is 0 Å². The van der Waals surface area contributed by atoms with E-state index in [0.29, 0.717) is 0 Å². The Morgan fingerprint density at radius 1 is 1.47 bits per heavy atom. The summed E-state index contributed by atoms with van der Waals surface area (Å²) in [4.78, 5) is 0. The number of rotatable bonds is 3. The molecule has 1 unspecified atom stereocenters. The SMILES string of the molecule is COc1cccc2occ(C(C)CO)c12. The van der Waals surface area contributed by atoms with Crippen LogP contribution in [0, 0.1) is 0 Å². The van der Waals surface area contributed by atoms with E-state index in [2.05, 4.69) is 0 Å². The van der Waals surface area contributed by atoms with E-state index in [1.165, 1.54) is 0 Å². The van der Waals surface area contributed by atoms with E-state index in [4.69, 9.17) is 14.3 Å². The van der Waals surface area contributed by atoms with Crippen molar-refractivity contribution in [3.8, 4) is 5.75 Å². The molecule has 0 saturated carbocycles. The van der Waals surface area contributed by atoms with Crippen LogP contribution in [-0.2, 0) is 0 Å². The average Bonchev–Trinajstić information content (AvgIpc) is 2.71. The Balaban J connectivity index is 2.65. The van der Waals surface area contributed by atoms with Crippen LogP contribution in [-0.4, -0.2) is 18.8 Å². The van der Waals surface area contributed by atoms with Gasteiger partial charge in [0.05, 0.1) is 18.8 Å². The van der Waals surface area contributed by atoms with E-state index in [1.54, 1.807) is 13.4 Å². The van der Waals surface area contributed by atoms with Crippen molar-refractivity contribution in [1.82, 2.24) is 0 Å². The Hall–Kier alpha value is -1.48. The molecule has 0 aliphatic heterocycles. The summed E-state index contributed by atoms with van der Waals surface area (Å²) in [6.07, 6.45) is 1.69. The number of furan rings is 1. The van der Waals surface area contributed by atoms with Crippen LogP contribution in [0.4, 0.5) is 0 Å². The summed E-state index contributed by atoms with van der Waals surface area (Å²) in [5.74, 6) is 0.846. The first-order valence-corrected chi connectivity index (χ1v) is 4.93. The van der Waals surface area contributed by atoms with E-state index in [-0.39, 0.29) is 12.5 Å². The van der Waals surface area contributed by atoms with Gasteiger partial charge in [-0.05, 0) is 12.1 Å². The zero-order chi connectivity index (χ0) is 10.8. The molecule has 3 nitrogen and oxygen atoms in total. The highest BCUT2D eigenvalue weighted by atomic mass is 16.5. The summed E-state index contributed by atoms with van der Waals surface area (Å²) < 4.78 is 10.7. The van der Waals surface area contributed by atoms with Crippen molar-refractivity contribution in [3.05, 3.63) is 30.0 Å². The second kappa shape index (κ2) is 3.95. The van der Waals surface area contributed by atoms with Crippen molar-refractivity contribution in [2.45, 2.75) is 12.8 Å². The molecule has 3 heteroatoms. The van der Waals surface area contributed by atoms with Gasteiger partial charge in [-0.2, -0.15) is 0 Å². The van der Waals surface area contributed by atoms with Gasteiger partial charge in [-0.15, -0.1) is 0 Å². The lowest BCUT2D eigenvalue weighted by molar-refractivity contribution is 0.273. The maximum absolute atomic E-state index is 9.15. The first-order valence-electron chi connectivity index (χ1n) is 4.93. The number of aliphatic hydroxyl groups is 1. The summed E-state index contributed by atoms with van der Waals surface area (Å²) in [7, 11) is 1.63. The Bertz CT molecular complexity index is 459. The number of hydrogen-bond donors (Lipinski definition) is 1. The van der Waals surface area contributed by atoms with Crippen LogP contribution in [0.1, 0.15) is 18.4 Å². The molecule has 1 aromatic carbocycles. The number of benzene rings is 1. The number of fused-ring (bicyclic) bond motifs is 1. The molecule has 1 N–H and O–H groups in total. The van der Waals surface area contributed by atoms with Crippen LogP contribution in [0.2, 0.25) is 0 Å². The van der Waals surface area contributed by atoms with Gasteiger partial charge in [-0.3, -0.25) is 0 Å². The molecule has 0 saturated heterocycles. The first kappa shape index (κ1) is 10.1. The second-order valence-electron chi connectivity index (χ2n) is 3.61. The predicted molar refractivity (Wildman–Crippen MR) is 58.3 cm³/mol. The molecule has 15 heavy (non-hydrogen) atoms. The number of aliphatic hydroxyl groups excluding tert-OH is 1. The lowest BCUT2D eigenvalue weighted by atomic mass is 10.0. The minimum atomic E-state index is 0.0579. The van der Waals surface area contributed by atoms with Crippen LogP contribution < -0.4 is 4.74 Å². The standard InChI is InChI=1S/C12H14O3/c1-8(6-13)9-7-15-11-5-3-4-10(14-2)12(9)11/h3-5,7-8,13H,6H2,1-2H3. The highest BCUT2D eigenvalue weighted by Gasteiger charge is 2.15. The summed E-state index contributed by atoms with van der Waals surface area (Å²) in [6.45, 7) is 2.06. The summed E-state index contributed by atoms with van der Waals surface area (Å²) >= 11 is 0. The normalized spacial score (nSPS) is 13.0. The Morgan fingerprint density at radius 3 is 2.93 bits per heavy atom. The number of ether oxygens (including phenoxy) is 1. The fraction of sp³-hybridized carbons (Fsp3) is 0.333. The molecule has 2 rings (SSSR count). The number of methoxy groups -OCH3 is 1. The van der Waals surface area contributed by atoms with Gasteiger partial charge in [0.2, 0.25) is 0 Å². The van der Waals surface area contributed by atoms with Crippen LogP contribution in [0.5, 0.6) is 5.75 Å². The van der Waals surface area contributed by atoms with Gasteiger partial charge in [-0.1, -0.05) is 13.0 Å². The lowest BCUT2D eigenvalue weighted by Crippen LogP contribution is -1.98. The topological polar surface area (TPSA) is 42.6 Å². The maximum atomic E-state index is 9.15. The Kier molecular flexibility index (Phi) is 2.64. The van der Waals surface area contributed by atoms with E-state index in [9.17, 15) is 0 Å². The van der Waals surface area contributed by atoms with Crippen LogP contribution >= 0.6 is 0 Å². The molecule has 0 aliphatic rings. The molecule has 0 aliphatic carbocycles. The zero-order valence-corrected chi connectivity index (χ0v) is 8.86. The molecule has 1 heterocycles. The summed E-state index contributed by atoms with van der Waals surface area (Å²) in [5.41, 5.74) is 1.79. The number of hydrogen-bond acceptors (Lipinski definition) is 3. The van der Waals surface area contributed by atoms with Gasteiger partial charge in [0.1, 0.15) is 11.3 Å². The molecule has 0 fully saturated rings. The van der Waals surface area contributed by atoms with Gasteiger partial charge in [-0.25, -0.2) is 0 Å².